The van der Waals surface area contributed by atoms with Crippen molar-refractivity contribution in [3.05, 3.63) is 28.0 Å². The lowest BCUT2D eigenvalue weighted by molar-refractivity contribution is -0.142. The van der Waals surface area contributed by atoms with Crippen LogP contribution >= 0.6 is 11.3 Å². The first-order valence-corrected chi connectivity index (χ1v) is 6.09. The molecule has 5 heteroatoms. The Balaban J connectivity index is 2.73. The summed E-state index contributed by atoms with van der Waals surface area (Å²) in [4.78, 5) is 24.4. The van der Waals surface area contributed by atoms with Crippen molar-refractivity contribution in [2.24, 2.45) is 0 Å². The van der Waals surface area contributed by atoms with E-state index in [1.165, 1.54) is 17.4 Å². The number of aliphatic carboxylic acids is 1. The second-order valence-corrected chi connectivity index (χ2v) is 4.54. The summed E-state index contributed by atoms with van der Waals surface area (Å²) in [5.41, 5.74) is 1.07. The molecule has 1 aromatic heterocycles. The molecular weight excluding hydrogens is 250 g/mol. The Morgan fingerprint density at radius 2 is 2.33 bits per heavy atom. The summed E-state index contributed by atoms with van der Waals surface area (Å²) in [5.74, 6) is 0.785. The Kier molecular flexibility index (Phi) is 5.15. The first kappa shape index (κ1) is 14.0. The van der Waals surface area contributed by atoms with Gasteiger partial charge in [0.25, 0.3) is 0 Å². The molecule has 1 heterocycles. The minimum atomic E-state index is -1.08. The van der Waals surface area contributed by atoms with Gasteiger partial charge in [-0.15, -0.1) is 17.8 Å². The van der Waals surface area contributed by atoms with Crippen molar-refractivity contribution in [2.45, 2.75) is 6.92 Å². The van der Waals surface area contributed by atoms with Gasteiger partial charge in [-0.3, -0.25) is 9.59 Å². The van der Waals surface area contributed by atoms with Crippen LogP contribution < -0.4 is 0 Å². The van der Waals surface area contributed by atoms with E-state index in [0.717, 1.165) is 15.3 Å². The molecule has 0 spiro atoms. The van der Waals surface area contributed by atoms with E-state index in [2.05, 4.69) is 5.92 Å². The number of carboxylic acid groups (broad SMARTS) is 1. The highest BCUT2D eigenvalue weighted by Gasteiger charge is 2.12. The molecule has 0 aliphatic carbocycles. The predicted octanol–water partition coefficient (Wildman–Crippen LogP) is 1.62. The van der Waals surface area contributed by atoms with Gasteiger partial charge in [0.1, 0.15) is 6.54 Å². The van der Waals surface area contributed by atoms with Gasteiger partial charge in [0.2, 0.25) is 5.91 Å². The highest BCUT2D eigenvalue weighted by atomic mass is 32.1. The molecule has 94 valence electrons. The minimum absolute atomic E-state index is 0.0150. The molecule has 1 N–H and O–H groups in total. The number of carbonyl (C=O) groups is 2. The Hall–Kier alpha value is -2.06. The van der Waals surface area contributed by atoms with Gasteiger partial charge < -0.3 is 10.0 Å². The summed E-state index contributed by atoms with van der Waals surface area (Å²) in [6.07, 6.45) is 8.12. The number of amides is 1. The number of carbonyl (C=O) groups excluding carboxylic acids is 1. The monoisotopic (exact) mass is 263 g/mol. The van der Waals surface area contributed by atoms with Gasteiger partial charge in [0, 0.05) is 11.0 Å². The molecule has 0 atom stereocenters. The highest BCUT2D eigenvalue weighted by molar-refractivity contribution is 7.11. The average Bonchev–Trinajstić information content (AvgIpc) is 2.70. The van der Waals surface area contributed by atoms with Crippen molar-refractivity contribution in [1.29, 1.82) is 0 Å². The molecule has 1 amide bonds. The van der Waals surface area contributed by atoms with Crippen molar-refractivity contribution in [3.63, 3.8) is 0 Å². The predicted molar refractivity (Wildman–Crippen MR) is 71.1 cm³/mol. The number of hydrogen-bond donors (Lipinski definition) is 1. The van der Waals surface area contributed by atoms with Crippen LogP contribution in [0, 0.1) is 19.3 Å². The zero-order valence-electron chi connectivity index (χ0n) is 9.92. The Morgan fingerprint density at radius 3 is 2.83 bits per heavy atom. The maximum absolute atomic E-state index is 11.8. The van der Waals surface area contributed by atoms with Crippen LogP contribution in [0.2, 0.25) is 0 Å². The second-order valence-electron chi connectivity index (χ2n) is 3.59. The van der Waals surface area contributed by atoms with Crippen LogP contribution in [-0.2, 0) is 9.59 Å². The average molecular weight is 263 g/mol. The molecular formula is C13H13NO3S. The molecule has 0 saturated heterocycles. The lowest BCUT2D eigenvalue weighted by atomic mass is 10.2. The summed E-state index contributed by atoms with van der Waals surface area (Å²) in [6.45, 7) is 1.53. The third kappa shape index (κ3) is 4.07. The van der Waals surface area contributed by atoms with Gasteiger partial charge in [-0.1, -0.05) is 5.92 Å². The molecule has 0 saturated carbocycles. The zero-order chi connectivity index (χ0) is 13.5. The number of carboxylic acids is 1. The Morgan fingerprint density at radius 1 is 1.61 bits per heavy atom. The van der Waals surface area contributed by atoms with Gasteiger partial charge in [-0.2, -0.15) is 0 Å². The van der Waals surface area contributed by atoms with Crippen molar-refractivity contribution < 1.29 is 14.7 Å². The fourth-order valence-corrected chi connectivity index (χ4v) is 2.11. The van der Waals surface area contributed by atoms with E-state index in [-0.39, 0.29) is 6.54 Å². The summed E-state index contributed by atoms with van der Waals surface area (Å²) >= 11 is 1.52. The van der Waals surface area contributed by atoms with E-state index < -0.39 is 18.4 Å². The fraction of sp³-hybridized carbons (Fsp3) is 0.231. The SMILES string of the molecule is C#CCN(CC(=O)O)C(=O)C=Cc1sccc1C. The molecule has 1 aromatic rings. The largest absolute Gasteiger partial charge is 0.480 e. The number of terminal acetylenes is 1. The van der Waals surface area contributed by atoms with E-state index in [1.807, 2.05) is 18.4 Å². The molecule has 0 aromatic carbocycles. The lowest BCUT2D eigenvalue weighted by Gasteiger charge is -2.15. The molecule has 1 rings (SSSR count). The van der Waals surface area contributed by atoms with Crippen LogP contribution in [0.4, 0.5) is 0 Å². The maximum Gasteiger partial charge on any atom is 0.323 e. The molecule has 0 aliphatic rings. The summed E-state index contributed by atoms with van der Waals surface area (Å²) in [7, 11) is 0. The van der Waals surface area contributed by atoms with E-state index in [4.69, 9.17) is 11.5 Å². The second kappa shape index (κ2) is 6.62. The van der Waals surface area contributed by atoms with Crippen LogP contribution in [0.1, 0.15) is 10.4 Å². The molecule has 0 radical (unpaired) electrons. The summed E-state index contributed by atoms with van der Waals surface area (Å²) in [5, 5.41) is 10.6. The quantitative estimate of drug-likeness (QED) is 0.648. The van der Waals surface area contributed by atoms with Crippen LogP contribution in [0.3, 0.4) is 0 Å². The van der Waals surface area contributed by atoms with Gasteiger partial charge in [-0.05, 0) is 30.0 Å². The minimum Gasteiger partial charge on any atom is -0.480 e. The third-order valence-corrected chi connectivity index (χ3v) is 3.18. The first-order valence-electron chi connectivity index (χ1n) is 5.21. The van der Waals surface area contributed by atoms with Crippen LogP contribution in [0.25, 0.3) is 6.08 Å². The van der Waals surface area contributed by atoms with Gasteiger partial charge in [0.05, 0.1) is 6.54 Å². The number of thiophene rings is 1. The van der Waals surface area contributed by atoms with Gasteiger partial charge in [-0.25, -0.2) is 0 Å². The first-order chi connectivity index (χ1) is 8.54. The molecule has 0 bridgehead atoms. The van der Waals surface area contributed by atoms with E-state index in [9.17, 15) is 9.59 Å². The molecule has 18 heavy (non-hydrogen) atoms. The van der Waals surface area contributed by atoms with Crippen LogP contribution in [-0.4, -0.2) is 35.0 Å². The third-order valence-electron chi connectivity index (χ3n) is 2.20. The van der Waals surface area contributed by atoms with E-state index in [0.29, 0.717) is 0 Å². The van der Waals surface area contributed by atoms with E-state index in [1.54, 1.807) is 6.08 Å². The number of nitrogens with zero attached hydrogens (tertiary/aromatic N) is 1. The normalized spacial score (nSPS) is 10.2. The fourth-order valence-electron chi connectivity index (χ4n) is 1.29. The standard InChI is InChI=1S/C13H13NO3S/c1-3-7-14(9-13(16)17)12(15)5-4-11-10(2)6-8-18-11/h1,4-6,8H,7,9H2,2H3,(H,16,17). The maximum atomic E-state index is 11.8. The summed E-state index contributed by atoms with van der Waals surface area (Å²) < 4.78 is 0. The molecule has 0 unspecified atom stereocenters. The van der Waals surface area contributed by atoms with Crippen LogP contribution in [0.5, 0.6) is 0 Å². The molecule has 0 fully saturated rings. The smallest absolute Gasteiger partial charge is 0.323 e. The number of rotatable bonds is 5. The van der Waals surface area contributed by atoms with Crippen molar-refractivity contribution >= 4 is 29.3 Å². The van der Waals surface area contributed by atoms with Gasteiger partial charge in [0.15, 0.2) is 0 Å². The van der Waals surface area contributed by atoms with Crippen molar-refractivity contribution in [3.8, 4) is 12.3 Å². The highest BCUT2D eigenvalue weighted by Crippen LogP contribution is 2.17. The Bertz CT molecular complexity index is 511. The van der Waals surface area contributed by atoms with E-state index >= 15 is 0 Å². The molecule has 4 nitrogen and oxygen atoms in total. The summed E-state index contributed by atoms with van der Waals surface area (Å²) in [6, 6.07) is 1.95. The zero-order valence-corrected chi connectivity index (χ0v) is 10.7. The van der Waals surface area contributed by atoms with Crippen molar-refractivity contribution in [1.82, 2.24) is 4.90 Å². The number of aryl methyl sites for hydroxylation is 1. The number of hydrogen-bond acceptors (Lipinski definition) is 3. The Labute approximate surface area is 110 Å². The van der Waals surface area contributed by atoms with Crippen molar-refractivity contribution in [2.75, 3.05) is 13.1 Å². The lowest BCUT2D eigenvalue weighted by Crippen LogP contribution is -2.34. The van der Waals surface area contributed by atoms with Crippen LogP contribution in [0.15, 0.2) is 17.5 Å². The molecule has 0 aliphatic heterocycles. The van der Waals surface area contributed by atoms with Gasteiger partial charge >= 0.3 is 5.97 Å². The topological polar surface area (TPSA) is 57.6 Å².